The van der Waals surface area contributed by atoms with Gasteiger partial charge >= 0.3 is 0 Å². The highest BCUT2D eigenvalue weighted by Crippen LogP contribution is 2.23. The Balaban J connectivity index is 2.64. The van der Waals surface area contributed by atoms with Gasteiger partial charge in [-0.05, 0) is 33.1 Å². The number of nitrogens with one attached hydrogen (secondary N) is 2. The molecule has 0 radical (unpaired) electrons. The van der Waals surface area contributed by atoms with Gasteiger partial charge in [0.05, 0.1) is 18.0 Å². The number of hydrogen-bond donors (Lipinski definition) is 2. The molecule has 0 bridgehead atoms. The fourth-order valence-corrected chi connectivity index (χ4v) is 2.05. The first-order valence-corrected chi connectivity index (χ1v) is 8.94. The Kier molecular flexibility index (Phi) is 7.89. The van der Waals surface area contributed by atoms with Crippen LogP contribution in [0.3, 0.4) is 0 Å². The molecule has 1 aliphatic heterocycles. The summed E-state index contributed by atoms with van der Waals surface area (Å²) in [5.41, 5.74) is -0.220. The molecule has 0 aromatic heterocycles. The van der Waals surface area contributed by atoms with Crippen molar-refractivity contribution in [3.63, 3.8) is 0 Å². The summed E-state index contributed by atoms with van der Waals surface area (Å²) in [4.78, 5) is 12.0. The van der Waals surface area contributed by atoms with Crippen LogP contribution < -0.4 is 5.32 Å². The van der Waals surface area contributed by atoms with Crippen LogP contribution in [0.15, 0.2) is 12.0 Å². The average Bonchev–Trinajstić information content (AvgIpc) is 2.52. The van der Waals surface area contributed by atoms with E-state index in [-0.39, 0.29) is 18.1 Å². The molecule has 0 aromatic rings. The van der Waals surface area contributed by atoms with Gasteiger partial charge in [-0.25, -0.2) is 0 Å². The second kappa shape index (κ2) is 8.97. The Morgan fingerprint density at radius 1 is 1.38 bits per heavy atom. The molecular formula is C17H29BrN2O4. The molecule has 0 spiro atoms. The molecule has 1 aliphatic rings. The summed E-state index contributed by atoms with van der Waals surface area (Å²) in [6.45, 7) is 8.40. The highest BCUT2D eigenvalue weighted by atomic mass is 79.9. The smallest absolute Gasteiger partial charge is 0.242 e. The van der Waals surface area contributed by atoms with Gasteiger partial charge in [-0.15, -0.1) is 0 Å². The monoisotopic (exact) mass is 404 g/mol. The van der Waals surface area contributed by atoms with Crippen LogP contribution in [0.5, 0.6) is 0 Å². The Morgan fingerprint density at radius 2 is 2.04 bits per heavy atom. The molecule has 0 saturated carbocycles. The van der Waals surface area contributed by atoms with Crippen LogP contribution in [-0.2, 0) is 19.0 Å². The van der Waals surface area contributed by atoms with Gasteiger partial charge in [0.25, 0.3) is 0 Å². The Hall–Kier alpha value is -0.920. The third kappa shape index (κ3) is 6.91. The zero-order chi connectivity index (χ0) is 18.4. The van der Waals surface area contributed by atoms with Crippen molar-refractivity contribution in [1.82, 2.24) is 5.32 Å². The minimum atomic E-state index is -0.718. The molecule has 1 amide bonds. The van der Waals surface area contributed by atoms with E-state index in [4.69, 9.17) is 19.6 Å². The number of carbonyl (C=O) groups excluding carboxylic acids is 1. The van der Waals surface area contributed by atoms with Gasteiger partial charge < -0.3 is 19.6 Å². The number of ether oxygens (including phenoxy) is 3. The topological polar surface area (TPSA) is 80.6 Å². The predicted molar refractivity (Wildman–Crippen MR) is 97.3 cm³/mol. The molecule has 0 aromatic carbocycles. The highest BCUT2D eigenvalue weighted by Gasteiger charge is 2.28. The number of halogens is 1. The summed E-state index contributed by atoms with van der Waals surface area (Å²) in [5, 5.41) is 11.0. The molecule has 1 atom stereocenters. The predicted octanol–water partition coefficient (Wildman–Crippen LogP) is 3.35. The van der Waals surface area contributed by atoms with Gasteiger partial charge in [-0.3, -0.25) is 10.1 Å². The minimum Gasteiger partial charge on any atom is -0.482 e. The van der Waals surface area contributed by atoms with Crippen molar-refractivity contribution in [2.75, 3.05) is 20.3 Å². The van der Waals surface area contributed by atoms with E-state index < -0.39 is 9.74 Å². The highest BCUT2D eigenvalue weighted by molar-refractivity contribution is 9.10. The van der Waals surface area contributed by atoms with Crippen molar-refractivity contribution in [1.29, 1.82) is 5.41 Å². The second-order valence-electron chi connectivity index (χ2n) is 7.04. The molecule has 6 nitrogen and oxygen atoms in total. The second-order valence-corrected chi connectivity index (χ2v) is 9.03. The van der Waals surface area contributed by atoms with Gasteiger partial charge in [-0.2, -0.15) is 0 Å². The van der Waals surface area contributed by atoms with E-state index in [2.05, 4.69) is 21.2 Å². The third-order valence-corrected chi connectivity index (χ3v) is 4.13. The minimum absolute atomic E-state index is 0.189. The van der Waals surface area contributed by atoms with Crippen molar-refractivity contribution in [3.05, 3.63) is 12.0 Å². The summed E-state index contributed by atoms with van der Waals surface area (Å²) in [6.07, 6.45) is 4.39. The fraction of sp³-hybridized carbons (Fsp3) is 0.765. The van der Waals surface area contributed by atoms with E-state index in [0.29, 0.717) is 12.3 Å². The van der Waals surface area contributed by atoms with Crippen molar-refractivity contribution in [3.8, 4) is 0 Å². The molecule has 1 saturated heterocycles. The fourth-order valence-electron chi connectivity index (χ4n) is 1.95. The van der Waals surface area contributed by atoms with E-state index in [1.807, 2.05) is 13.8 Å². The molecule has 7 heteroatoms. The van der Waals surface area contributed by atoms with E-state index in [1.165, 1.54) is 13.2 Å². The summed E-state index contributed by atoms with van der Waals surface area (Å²) in [7, 11) is 1.46. The molecule has 1 rings (SSSR count). The van der Waals surface area contributed by atoms with Crippen molar-refractivity contribution in [2.45, 2.75) is 57.6 Å². The normalized spacial score (nSPS) is 19.8. The summed E-state index contributed by atoms with van der Waals surface area (Å²) in [5.74, 6) is -0.00687. The molecule has 1 fully saturated rings. The van der Waals surface area contributed by atoms with Gasteiger partial charge in [0.15, 0.2) is 12.2 Å². The van der Waals surface area contributed by atoms with Crippen LogP contribution in [0.4, 0.5) is 0 Å². The lowest BCUT2D eigenvalue weighted by Crippen LogP contribution is -2.38. The number of alkyl halides is 1. The molecule has 1 unspecified atom stereocenters. The standard InChI is InChI=1S/C17H29BrN2O4/c1-16(2,11-24-14-8-6-7-9-23-14)12(19)10-13(22-5)20-15(21)17(3,4)18/h10,14,19H,6-9,11H2,1-5H3,(H,20,21)/b13-10-,19-12?. The van der Waals surface area contributed by atoms with Crippen LogP contribution in [-0.4, -0.2) is 42.6 Å². The molecule has 1 heterocycles. The van der Waals surface area contributed by atoms with Crippen molar-refractivity contribution < 1.29 is 19.0 Å². The first-order valence-electron chi connectivity index (χ1n) is 8.14. The van der Waals surface area contributed by atoms with Gasteiger partial charge in [0, 0.05) is 23.8 Å². The first-order chi connectivity index (χ1) is 11.1. The quantitative estimate of drug-likeness (QED) is 0.369. The Bertz CT molecular complexity index is 477. The van der Waals surface area contributed by atoms with Crippen LogP contribution >= 0.6 is 15.9 Å². The number of hydrogen-bond acceptors (Lipinski definition) is 5. The number of allylic oxidation sites excluding steroid dienone is 1. The lowest BCUT2D eigenvalue weighted by atomic mass is 9.88. The van der Waals surface area contributed by atoms with Gasteiger partial charge in [0.1, 0.15) is 0 Å². The zero-order valence-corrected chi connectivity index (χ0v) is 16.8. The average molecular weight is 405 g/mol. The molecular weight excluding hydrogens is 376 g/mol. The maximum Gasteiger partial charge on any atom is 0.242 e. The molecule has 138 valence electrons. The van der Waals surface area contributed by atoms with Gasteiger partial charge in [-0.1, -0.05) is 29.8 Å². The van der Waals surface area contributed by atoms with E-state index in [1.54, 1.807) is 13.8 Å². The first kappa shape index (κ1) is 21.1. The molecule has 2 N–H and O–H groups in total. The van der Waals surface area contributed by atoms with Gasteiger partial charge in [0.2, 0.25) is 5.91 Å². The van der Waals surface area contributed by atoms with Crippen LogP contribution in [0.1, 0.15) is 47.0 Å². The number of methoxy groups -OCH3 is 1. The lowest BCUT2D eigenvalue weighted by molar-refractivity contribution is -0.171. The maximum atomic E-state index is 12.0. The number of rotatable bonds is 8. The van der Waals surface area contributed by atoms with E-state index >= 15 is 0 Å². The maximum absolute atomic E-state index is 12.0. The van der Waals surface area contributed by atoms with Crippen molar-refractivity contribution in [2.24, 2.45) is 5.41 Å². The lowest BCUT2D eigenvalue weighted by Gasteiger charge is -2.29. The van der Waals surface area contributed by atoms with E-state index in [9.17, 15) is 4.79 Å². The van der Waals surface area contributed by atoms with Crippen LogP contribution in [0.25, 0.3) is 0 Å². The largest absolute Gasteiger partial charge is 0.482 e. The van der Waals surface area contributed by atoms with Crippen molar-refractivity contribution >= 4 is 27.5 Å². The molecule has 24 heavy (non-hydrogen) atoms. The summed E-state index contributed by atoms with van der Waals surface area (Å²) in [6, 6.07) is 0. The summed E-state index contributed by atoms with van der Waals surface area (Å²) >= 11 is 3.29. The molecule has 0 aliphatic carbocycles. The van der Waals surface area contributed by atoms with Crippen LogP contribution in [0, 0.1) is 10.8 Å². The Morgan fingerprint density at radius 3 is 2.54 bits per heavy atom. The van der Waals surface area contributed by atoms with Crippen LogP contribution in [0.2, 0.25) is 0 Å². The zero-order valence-electron chi connectivity index (χ0n) is 15.2. The number of carbonyl (C=O) groups is 1. The number of amides is 1. The summed E-state index contributed by atoms with van der Waals surface area (Å²) < 4.78 is 15.8. The SMILES string of the molecule is CO/C(=C\C(=N)C(C)(C)COC1CCCCO1)NC(=O)C(C)(C)Br. The third-order valence-electron chi connectivity index (χ3n) is 3.77. The van der Waals surface area contributed by atoms with E-state index in [0.717, 1.165) is 25.9 Å². The Labute approximate surface area is 152 Å².